The summed E-state index contributed by atoms with van der Waals surface area (Å²) in [6.45, 7) is 15.2. The number of methoxy groups -OCH3 is 1. The van der Waals surface area contributed by atoms with Crippen LogP contribution in [0.15, 0.2) is 11.6 Å². The van der Waals surface area contributed by atoms with Gasteiger partial charge in [-0.15, -0.1) is 0 Å². The fraction of sp³-hybridized carbons (Fsp3) is 0.933. The minimum Gasteiger partial charge on any atom is -0.462 e. The molecule has 0 amide bonds. The van der Waals surface area contributed by atoms with Gasteiger partial charge in [0.25, 0.3) is 0 Å². The maximum absolute atomic E-state index is 14.8. The first-order valence-corrected chi connectivity index (χ1v) is 33.0. The number of carbonyl (C=O) groups excluding carboxylic acids is 2. The van der Waals surface area contributed by atoms with Gasteiger partial charge in [0.2, 0.25) is 0 Å². The van der Waals surface area contributed by atoms with Crippen LogP contribution in [-0.2, 0) is 85.8 Å². The van der Waals surface area contributed by atoms with Gasteiger partial charge in [-0.2, -0.15) is 8.42 Å². The van der Waals surface area contributed by atoms with Crippen molar-refractivity contribution in [3.05, 3.63) is 11.6 Å². The van der Waals surface area contributed by atoms with Crippen LogP contribution in [-0.4, -0.2) is 263 Å². The third-order valence-electron chi connectivity index (χ3n) is 22.1. The maximum atomic E-state index is 14.8. The highest BCUT2D eigenvalue weighted by Crippen LogP contribution is 2.77. The molecule has 29 nitrogen and oxygen atoms in total. The Hall–Kier alpha value is -2.29. The second-order valence-corrected chi connectivity index (χ2v) is 29.5. The molecule has 11 N–H and O–H groups in total. The standard InChI is InChI=1S/C60H96O29S/c1-25(2)12-11-17-59(9)49-32(81-27(4)62)20-58(8)29-13-14-35-56(5,6)36(16-18-57(35,7)28(29)15-19-60(49,58)55(72)88-59)83-53-47(39(67)34(24-79-53)89-90(73,74)75)87-54-48(86-50-40(68)37(65)30(63)22-77-50)41(69)44(26(3)80-54)84-51-42(70)45(31(64)23-78-51)85-52-43(71)46(76-10)38(66)33(21-61)82-52/h13,25-26,28,30-54,61,63-71H,11-12,14-24H2,1-10H3,(H,73,74,75)/t26-,28+,30-,31-,32+,33-,34-,35+,36+,37+,38-,39+,40-,41+,42-,43-,44-,45+,46+,47-,48-,49-,50+,51+,52+,53+,54+,57-,58+,59+,60-/m1/s1. The van der Waals surface area contributed by atoms with Crippen LogP contribution in [0.5, 0.6) is 0 Å². The summed E-state index contributed by atoms with van der Waals surface area (Å²) in [7, 11) is -4.06. The summed E-state index contributed by atoms with van der Waals surface area (Å²) in [5.41, 5.74) is -2.36. The van der Waals surface area contributed by atoms with E-state index in [1.54, 1.807) is 0 Å². The number of aliphatic hydroxyl groups is 10. The number of fused-ring (bicyclic) bond motifs is 4. The van der Waals surface area contributed by atoms with E-state index in [9.17, 15) is 73.6 Å². The molecule has 0 bridgehead atoms. The summed E-state index contributed by atoms with van der Waals surface area (Å²) in [5, 5.41) is 111. The highest BCUT2D eigenvalue weighted by molar-refractivity contribution is 7.80. The third-order valence-corrected chi connectivity index (χ3v) is 22.6. The van der Waals surface area contributed by atoms with Gasteiger partial charge in [-0.1, -0.05) is 59.6 Å². The average molecular weight is 1310 g/mol. The second-order valence-electron chi connectivity index (χ2n) is 28.4. The van der Waals surface area contributed by atoms with E-state index in [1.807, 2.05) is 6.92 Å². The third kappa shape index (κ3) is 12.6. The number of aliphatic hydroxyl groups excluding tert-OH is 10. The molecule has 10 rings (SSSR count). The lowest BCUT2D eigenvalue weighted by molar-refractivity contribution is -0.399. The lowest BCUT2D eigenvalue weighted by Gasteiger charge is -2.64. The van der Waals surface area contributed by atoms with E-state index in [2.05, 4.69) is 47.6 Å². The first-order valence-electron chi connectivity index (χ1n) is 31.6. The van der Waals surface area contributed by atoms with E-state index in [-0.39, 0.29) is 29.1 Å². The van der Waals surface area contributed by atoms with E-state index in [1.165, 1.54) is 26.5 Å². The Morgan fingerprint density at radius 3 is 1.98 bits per heavy atom. The SMILES string of the molecule is CO[C@@H]1[C@@H](O)[C@H](O[C@@H]2[C@@H](O)[C@H](O[C@H]3[C@H](O)[C@@H](O[C@@H]4OC[C@@H](O)[C@H](O)[C@H]4O)[C@H](O[C@H]4[C@H](O[C@H]5CC[C@]6(C)[C@H]7CC[C@]89C(=O)O[C@@](C)(CCCC(C)C)[C@H]8[C@@H](OC(C)=O)C[C@@]9(C)C7=CC[C@H]6C5(C)C)OC[C@@H](OS(=O)(=O)O)[C@@H]4O)O[C@@H]3C)OC[C@H]2O)O[C@H](CO)[C@H]1O. The van der Waals surface area contributed by atoms with E-state index in [4.69, 9.17) is 65.8 Å². The zero-order valence-corrected chi connectivity index (χ0v) is 53.4. The molecule has 3 saturated carbocycles. The lowest BCUT2D eigenvalue weighted by Crippen LogP contribution is -2.67. The van der Waals surface area contributed by atoms with Crippen LogP contribution in [0.4, 0.5) is 0 Å². The fourth-order valence-electron chi connectivity index (χ4n) is 17.7. The second kappa shape index (κ2) is 26.6. The van der Waals surface area contributed by atoms with Crippen LogP contribution < -0.4 is 0 Å². The first kappa shape index (κ1) is 70.5. The van der Waals surface area contributed by atoms with Crippen molar-refractivity contribution in [2.45, 2.75) is 273 Å². The van der Waals surface area contributed by atoms with Gasteiger partial charge in [-0.05, 0) is 93.8 Å². The highest BCUT2D eigenvalue weighted by Gasteiger charge is 2.79. The van der Waals surface area contributed by atoms with Crippen LogP contribution in [0.1, 0.15) is 120 Å². The molecule has 30 heteroatoms. The first-order chi connectivity index (χ1) is 42.2. The molecule has 10 aliphatic rings. The molecule has 90 heavy (non-hydrogen) atoms. The number of cyclic esters (lactones) is 1. The average Bonchev–Trinajstić information content (AvgIpc) is 1.45. The number of allylic oxidation sites excluding steroid dienone is 2. The van der Waals surface area contributed by atoms with Crippen LogP contribution in [0.25, 0.3) is 0 Å². The zero-order chi connectivity index (χ0) is 65.7. The van der Waals surface area contributed by atoms with Crippen molar-refractivity contribution in [3.8, 4) is 0 Å². The van der Waals surface area contributed by atoms with Crippen molar-refractivity contribution >= 4 is 22.3 Å². The van der Waals surface area contributed by atoms with Crippen molar-refractivity contribution in [1.29, 1.82) is 0 Å². The predicted octanol–water partition coefficient (Wildman–Crippen LogP) is -0.837. The zero-order valence-electron chi connectivity index (χ0n) is 52.6. The Kier molecular flexibility index (Phi) is 20.8. The summed E-state index contributed by atoms with van der Waals surface area (Å²) in [5.74, 6) is -0.620. The van der Waals surface area contributed by atoms with Crippen LogP contribution >= 0.6 is 0 Å². The molecule has 1 spiro atoms. The lowest BCUT2D eigenvalue weighted by atomic mass is 9.41. The molecular formula is C60H96O29S. The predicted molar refractivity (Wildman–Crippen MR) is 302 cm³/mol. The molecule has 9 fully saturated rings. The molecule has 31 atom stereocenters. The molecule has 6 saturated heterocycles. The molecule has 6 heterocycles. The molecule has 0 aromatic rings. The quantitative estimate of drug-likeness (QED) is 0.0427. The Morgan fingerprint density at radius 2 is 1.32 bits per heavy atom. The van der Waals surface area contributed by atoms with Gasteiger partial charge in [-0.3, -0.25) is 14.1 Å². The molecule has 0 radical (unpaired) electrons. The van der Waals surface area contributed by atoms with Crippen LogP contribution in [0.3, 0.4) is 0 Å². The molecule has 6 aliphatic heterocycles. The normalized spacial score (nSPS) is 50.3. The number of esters is 2. The van der Waals surface area contributed by atoms with Crippen molar-refractivity contribution in [2.24, 2.45) is 45.3 Å². The van der Waals surface area contributed by atoms with Crippen molar-refractivity contribution < 1.29 is 139 Å². The highest BCUT2D eigenvalue weighted by atomic mass is 32.3. The number of ether oxygens (including phenoxy) is 13. The largest absolute Gasteiger partial charge is 0.462 e. The van der Waals surface area contributed by atoms with Crippen molar-refractivity contribution in [2.75, 3.05) is 33.5 Å². The molecular weight excluding hydrogens is 1220 g/mol. The van der Waals surface area contributed by atoms with E-state index in [0.29, 0.717) is 50.9 Å². The van der Waals surface area contributed by atoms with E-state index < -0.39 is 212 Å². The summed E-state index contributed by atoms with van der Waals surface area (Å²) in [4.78, 5) is 27.6. The van der Waals surface area contributed by atoms with Crippen LogP contribution in [0.2, 0.25) is 0 Å². The van der Waals surface area contributed by atoms with Crippen LogP contribution in [0, 0.1) is 45.3 Å². The minimum atomic E-state index is -5.26. The number of hydrogen-bond acceptors (Lipinski definition) is 28. The monoisotopic (exact) mass is 1310 g/mol. The Labute approximate surface area is 523 Å². The van der Waals surface area contributed by atoms with E-state index in [0.717, 1.165) is 12.8 Å². The molecule has 0 unspecified atom stereocenters. The summed E-state index contributed by atoms with van der Waals surface area (Å²) < 4.78 is 118. The summed E-state index contributed by atoms with van der Waals surface area (Å²) >= 11 is 0. The van der Waals surface area contributed by atoms with E-state index >= 15 is 0 Å². The smallest absolute Gasteiger partial charge is 0.397 e. The fourth-order valence-corrected chi connectivity index (χ4v) is 18.2. The van der Waals surface area contributed by atoms with Gasteiger partial charge in [0.05, 0.1) is 50.0 Å². The topological polar surface area (TPSA) is 420 Å². The molecule has 516 valence electrons. The minimum absolute atomic E-state index is 0.00396. The van der Waals surface area contributed by atoms with Gasteiger partial charge < -0.3 is 113 Å². The number of hydrogen-bond donors (Lipinski definition) is 11. The molecule has 0 aromatic heterocycles. The Balaban J connectivity index is 0.904. The number of carbonyl (C=O) groups is 2. The molecule has 4 aliphatic carbocycles. The summed E-state index contributed by atoms with van der Waals surface area (Å²) in [6.07, 6.45) is -30.9. The Bertz CT molecular complexity index is 2670. The molecule has 0 aromatic carbocycles. The van der Waals surface area contributed by atoms with Gasteiger partial charge >= 0.3 is 22.3 Å². The van der Waals surface area contributed by atoms with Gasteiger partial charge in [0.1, 0.15) is 109 Å². The number of rotatable bonds is 19. The Morgan fingerprint density at radius 1 is 0.700 bits per heavy atom. The van der Waals surface area contributed by atoms with Gasteiger partial charge in [-0.25, -0.2) is 4.18 Å². The van der Waals surface area contributed by atoms with Gasteiger partial charge in [0.15, 0.2) is 31.5 Å². The maximum Gasteiger partial charge on any atom is 0.397 e. The summed E-state index contributed by atoms with van der Waals surface area (Å²) in [6, 6.07) is 0. The van der Waals surface area contributed by atoms with Crippen molar-refractivity contribution in [1.82, 2.24) is 0 Å². The van der Waals surface area contributed by atoms with Gasteiger partial charge in [0, 0.05) is 19.4 Å². The van der Waals surface area contributed by atoms with Crippen molar-refractivity contribution in [3.63, 3.8) is 0 Å².